The summed E-state index contributed by atoms with van der Waals surface area (Å²) in [4.78, 5) is 24.8. The molecule has 1 aliphatic carbocycles. The molecule has 0 radical (unpaired) electrons. The van der Waals surface area contributed by atoms with E-state index in [9.17, 15) is 4.79 Å². The van der Waals surface area contributed by atoms with Crippen molar-refractivity contribution in [2.45, 2.75) is 89.8 Å². The van der Waals surface area contributed by atoms with Crippen LogP contribution >= 0.6 is 0 Å². The van der Waals surface area contributed by atoms with Gasteiger partial charge in [0.05, 0.1) is 26.0 Å². The van der Waals surface area contributed by atoms with E-state index >= 15 is 0 Å². The maximum absolute atomic E-state index is 12.6. The SMILES string of the molecule is COc1ccc(C2CC(c3ccc(O[C@H]4O[C@@H]5O[C@@]6(C)CC[C@H]7[C@H](C)CC[C@@H]([C@H]4C)[C@@]57OO6)cc3)=NN2C(C)=O)c(OC)c1. The van der Waals surface area contributed by atoms with E-state index in [1.807, 2.05) is 49.4 Å². The molecule has 44 heavy (non-hydrogen) atoms. The van der Waals surface area contributed by atoms with Gasteiger partial charge in [0, 0.05) is 43.2 Å². The van der Waals surface area contributed by atoms with Crippen molar-refractivity contribution in [1.29, 1.82) is 0 Å². The first kappa shape index (κ1) is 29.5. The zero-order chi connectivity index (χ0) is 30.8. The summed E-state index contributed by atoms with van der Waals surface area (Å²) in [6.45, 7) is 7.95. The van der Waals surface area contributed by atoms with Gasteiger partial charge in [-0.3, -0.25) is 4.79 Å². The highest BCUT2D eigenvalue weighted by Gasteiger charge is 2.69. The predicted molar refractivity (Wildman–Crippen MR) is 160 cm³/mol. The predicted octanol–water partition coefficient (Wildman–Crippen LogP) is 5.99. The zero-order valence-corrected chi connectivity index (χ0v) is 26.3. The summed E-state index contributed by atoms with van der Waals surface area (Å²) in [6, 6.07) is 13.2. The molecule has 236 valence electrons. The van der Waals surface area contributed by atoms with Gasteiger partial charge in [0.15, 0.2) is 11.9 Å². The van der Waals surface area contributed by atoms with Gasteiger partial charge >= 0.3 is 0 Å². The van der Waals surface area contributed by atoms with E-state index in [0.29, 0.717) is 35.5 Å². The first-order valence-corrected chi connectivity index (χ1v) is 15.7. The molecule has 8 rings (SSSR count). The van der Waals surface area contributed by atoms with Gasteiger partial charge in [-0.15, -0.1) is 0 Å². The Morgan fingerprint density at radius 2 is 1.75 bits per heavy atom. The second-order valence-electron chi connectivity index (χ2n) is 13.2. The Kier molecular flexibility index (Phi) is 7.39. The number of hydrogen-bond acceptors (Lipinski definition) is 9. The van der Waals surface area contributed by atoms with E-state index in [4.69, 9.17) is 38.6 Å². The number of ether oxygens (including phenoxy) is 5. The van der Waals surface area contributed by atoms with Crippen LogP contribution in [0.5, 0.6) is 17.2 Å². The van der Waals surface area contributed by atoms with Gasteiger partial charge in [-0.25, -0.2) is 14.8 Å². The van der Waals surface area contributed by atoms with E-state index in [0.717, 1.165) is 42.5 Å². The Morgan fingerprint density at radius 1 is 0.977 bits per heavy atom. The van der Waals surface area contributed by atoms with Crippen molar-refractivity contribution in [3.05, 3.63) is 53.6 Å². The second-order valence-corrected chi connectivity index (χ2v) is 13.2. The van der Waals surface area contributed by atoms with Crippen LogP contribution in [0.4, 0.5) is 0 Å². The van der Waals surface area contributed by atoms with Crippen LogP contribution in [0.25, 0.3) is 0 Å². The summed E-state index contributed by atoms with van der Waals surface area (Å²) in [5, 5.41) is 6.25. The summed E-state index contributed by atoms with van der Waals surface area (Å²) in [7, 11) is 3.23. The molecule has 1 spiro atoms. The highest BCUT2D eigenvalue weighted by Crippen LogP contribution is 2.60. The third-order valence-corrected chi connectivity index (χ3v) is 10.6. The number of amides is 1. The highest BCUT2D eigenvalue weighted by atomic mass is 17.3. The minimum Gasteiger partial charge on any atom is -0.497 e. The topological polar surface area (TPSA) is 97.3 Å². The average Bonchev–Trinajstić information content (AvgIpc) is 3.35. The van der Waals surface area contributed by atoms with Gasteiger partial charge < -0.3 is 23.7 Å². The van der Waals surface area contributed by atoms with Crippen molar-refractivity contribution in [2.75, 3.05) is 14.2 Å². The van der Waals surface area contributed by atoms with Crippen LogP contribution in [-0.2, 0) is 24.0 Å². The lowest BCUT2D eigenvalue weighted by atomic mass is 9.58. The van der Waals surface area contributed by atoms with Crippen LogP contribution in [0.15, 0.2) is 47.6 Å². The van der Waals surface area contributed by atoms with Gasteiger partial charge in [-0.1, -0.05) is 13.8 Å². The van der Waals surface area contributed by atoms with Gasteiger partial charge in [0.25, 0.3) is 0 Å². The molecule has 10 heteroatoms. The maximum Gasteiger partial charge on any atom is 0.240 e. The van der Waals surface area contributed by atoms with Crippen LogP contribution < -0.4 is 14.2 Å². The van der Waals surface area contributed by atoms with E-state index < -0.39 is 24.0 Å². The number of fused-ring (bicyclic) bond motifs is 2. The average molecular weight is 607 g/mol. The van der Waals surface area contributed by atoms with Crippen LogP contribution in [0.2, 0.25) is 0 Å². The molecule has 5 fully saturated rings. The maximum atomic E-state index is 12.6. The van der Waals surface area contributed by atoms with Crippen LogP contribution in [-0.4, -0.2) is 54.8 Å². The number of hydrogen-bond donors (Lipinski definition) is 0. The number of nitrogens with zero attached hydrogens (tertiary/aromatic N) is 2. The summed E-state index contributed by atoms with van der Waals surface area (Å²) < 4.78 is 30.6. The number of hydrazone groups is 1. The molecular weight excluding hydrogens is 564 g/mol. The first-order valence-electron chi connectivity index (χ1n) is 15.7. The molecule has 2 bridgehead atoms. The lowest BCUT2D eigenvalue weighted by molar-refractivity contribution is -0.575. The quantitative estimate of drug-likeness (QED) is 0.370. The number of carbonyl (C=O) groups is 1. The number of carbonyl (C=O) groups excluding carboxylic acids is 1. The standard InChI is InChI=1S/C34H42N2O8/c1-19-7-14-27-20(2)31(41-32-34(27)26(19)15-16-33(4,42-32)43-44-34)40-23-10-8-22(9-11-23)28-18-29(36(35-28)21(3)37)25-13-12-24(38-5)17-30(25)39-6/h8-13,17,19-20,26-27,29,31-32H,7,14-16,18H2,1-6H3/t19-,20-,26+,27+,29?,31+,32-,33-,34-/m1/s1. The van der Waals surface area contributed by atoms with Crippen molar-refractivity contribution in [1.82, 2.24) is 5.01 Å². The molecule has 10 nitrogen and oxygen atoms in total. The molecule has 5 heterocycles. The first-order chi connectivity index (χ1) is 21.2. The number of rotatable bonds is 6. The lowest BCUT2D eigenvalue weighted by Crippen LogP contribution is -2.70. The molecule has 9 atom stereocenters. The molecule has 1 saturated carbocycles. The van der Waals surface area contributed by atoms with Crippen molar-refractivity contribution in [2.24, 2.45) is 28.8 Å². The monoisotopic (exact) mass is 606 g/mol. The van der Waals surface area contributed by atoms with Gasteiger partial charge in [-0.2, -0.15) is 5.10 Å². The molecule has 6 aliphatic rings. The largest absolute Gasteiger partial charge is 0.497 e. The van der Waals surface area contributed by atoms with Crippen molar-refractivity contribution >= 4 is 11.6 Å². The fourth-order valence-electron chi connectivity index (χ4n) is 8.18. The fraction of sp³-hybridized carbons (Fsp3) is 0.588. The molecule has 0 aromatic heterocycles. The highest BCUT2D eigenvalue weighted by molar-refractivity contribution is 6.03. The minimum absolute atomic E-state index is 0.0687. The molecular formula is C34H42N2O8. The molecule has 2 aromatic carbocycles. The molecule has 5 aliphatic heterocycles. The summed E-state index contributed by atoms with van der Waals surface area (Å²) in [5.74, 6) is 2.14. The number of benzene rings is 2. The third-order valence-electron chi connectivity index (χ3n) is 10.6. The van der Waals surface area contributed by atoms with Crippen molar-refractivity contribution in [3.63, 3.8) is 0 Å². The van der Waals surface area contributed by atoms with E-state index in [2.05, 4.69) is 13.8 Å². The Balaban J connectivity index is 1.09. The van der Waals surface area contributed by atoms with E-state index in [1.54, 1.807) is 14.2 Å². The molecule has 1 unspecified atom stereocenters. The summed E-state index contributed by atoms with van der Waals surface area (Å²) in [5.41, 5.74) is 1.99. The zero-order valence-electron chi connectivity index (χ0n) is 26.3. The van der Waals surface area contributed by atoms with Crippen LogP contribution in [0.1, 0.15) is 77.0 Å². The second kappa shape index (κ2) is 11.0. The Labute approximate surface area is 258 Å². The normalized spacial score (nSPS) is 37.5. The molecule has 1 amide bonds. The Bertz CT molecular complexity index is 1450. The Morgan fingerprint density at radius 3 is 2.48 bits per heavy atom. The minimum atomic E-state index is -0.826. The molecule has 0 N–H and O–H groups in total. The smallest absolute Gasteiger partial charge is 0.240 e. The fourth-order valence-corrected chi connectivity index (χ4v) is 8.18. The summed E-state index contributed by atoms with van der Waals surface area (Å²) in [6.07, 6.45) is 3.41. The van der Waals surface area contributed by atoms with Gasteiger partial charge in [-0.05, 0) is 80.0 Å². The van der Waals surface area contributed by atoms with Gasteiger partial charge in [0.1, 0.15) is 17.2 Å². The number of methoxy groups -OCH3 is 2. The van der Waals surface area contributed by atoms with E-state index in [1.165, 1.54) is 11.9 Å². The summed E-state index contributed by atoms with van der Waals surface area (Å²) >= 11 is 0. The molecule has 4 saturated heterocycles. The Hall–Kier alpha value is -3.18. The van der Waals surface area contributed by atoms with Crippen LogP contribution in [0, 0.1) is 23.7 Å². The van der Waals surface area contributed by atoms with Crippen molar-refractivity contribution < 1.29 is 38.3 Å². The van der Waals surface area contributed by atoms with E-state index in [-0.39, 0.29) is 23.8 Å². The molecule has 2 aromatic rings. The lowest BCUT2D eigenvalue weighted by Gasteiger charge is -2.60. The van der Waals surface area contributed by atoms with Crippen molar-refractivity contribution in [3.8, 4) is 17.2 Å². The van der Waals surface area contributed by atoms with Crippen LogP contribution in [0.3, 0.4) is 0 Å². The third kappa shape index (κ3) is 4.69. The van der Waals surface area contributed by atoms with Gasteiger partial charge in [0.2, 0.25) is 18.0 Å².